The zero-order valence-corrected chi connectivity index (χ0v) is 16.1. The van der Waals surface area contributed by atoms with Crippen LogP contribution in [0.1, 0.15) is 12.5 Å². The molecule has 8 nitrogen and oxygen atoms in total. The Balaban J connectivity index is 2.17. The molecule has 1 amide bonds. The van der Waals surface area contributed by atoms with Crippen LogP contribution in [0, 0.1) is 0 Å². The molecule has 0 aliphatic carbocycles. The van der Waals surface area contributed by atoms with E-state index in [2.05, 4.69) is 10.0 Å². The summed E-state index contributed by atoms with van der Waals surface area (Å²) in [6.07, 6.45) is -0.698. The van der Waals surface area contributed by atoms with Crippen LogP contribution in [-0.4, -0.2) is 35.3 Å². The monoisotopic (exact) mass is 394 g/mol. The number of hydrogen-bond donors (Lipinski definition) is 2. The number of benzene rings is 2. The van der Waals surface area contributed by atoms with Crippen LogP contribution in [0.2, 0.25) is 0 Å². The second-order valence-electron chi connectivity index (χ2n) is 5.38. The fourth-order valence-electron chi connectivity index (χ4n) is 2.23. The van der Waals surface area contributed by atoms with Crippen molar-refractivity contribution in [1.29, 1.82) is 0 Å². The Bertz CT molecular complexity index is 881. The van der Waals surface area contributed by atoms with Crippen LogP contribution in [0.3, 0.4) is 0 Å². The van der Waals surface area contributed by atoms with Crippen molar-refractivity contribution < 1.29 is 27.4 Å². The van der Waals surface area contributed by atoms with Gasteiger partial charge >= 0.3 is 6.09 Å². The van der Waals surface area contributed by atoms with Crippen molar-refractivity contribution in [2.75, 3.05) is 26.1 Å². The molecule has 0 heterocycles. The largest absolute Gasteiger partial charge is 0.497 e. The molecule has 0 bridgehead atoms. The number of carbonyl (C=O) groups is 1. The third kappa shape index (κ3) is 5.60. The fourth-order valence-corrected chi connectivity index (χ4v) is 3.28. The first-order chi connectivity index (χ1) is 12.9. The number of anilines is 1. The van der Waals surface area contributed by atoms with E-state index in [1.165, 1.54) is 25.3 Å². The highest BCUT2D eigenvalue weighted by Crippen LogP contribution is 2.27. The number of carbonyl (C=O) groups excluding carboxylic acids is 1. The maximum atomic E-state index is 12.6. The van der Waals surface area contributed by atoms with E-state index in [-0.39, 0.29) is 23.7 Å². The van der Waals surface area contributed by atoms with Gasteiger partial charge in [0.15, 0.2) is 0 Å². The molecule has 2 N–H and O–H groups in total. The van der Waals surface area contributed by atoms with Crippen LogP contribution in [0.15, 0.2) is 47.4 Å². The van der Waals surface area contributed by atoms with E-state index in [0.717, 1.165) is 5.56 Å². The van der Waals surface area contributed by atoms with Gasteiger partial charge in [0.05, 0.1) is 31.4 Å². The lowest BCUT2D eigenvalue weighted by molar-refractivity contribution is 0.168. The number of ether oxygens (including phenoxy) is 3. The highest BCUT2D eigenvalue weighted by molar-refractivity contribution is 7.89. The highest BCUT2D eigenvalue weighted by Gasteiger charge is 2.18. The van der Waals surface area contributed by atoms with Crippen molar-refractivity contribution in [3.8, 4) is 11.5 Å². The summed E-state index contributed by atoms with van der Waals surface area (Å²) >= 11 is 0. The number of methoxy groups -OCH3 is 2. The van der Waals surface area contributed by atoms with Gasteiger partial charge in [-0.3, -0.25) is 5.32 Å². The Hall–Kier alpha value is -2.78. The normalized spacial score (nSPS) is 10.9. The average molecular weight is 394 g/mol. The Labute approximate surface area is 158 Å². The number of sulfonamides is 1. The Morgan fingerprint density at radius 3 is 2.33 bits per heavy atom. The summed E-state index contributed by atoms with van der Waals surface area (Å²) in [5, 5.41) is 2.47. The van der Waals surface area contributed by atoms with Gasteiger partial charge in [-0.05, 0) is 42.8 Å². The number of amides is 1. The summed E-state index contributed by atoms with van der Waals surface area (Å²) < 4.78 is 42.7. The molecule has 0 aliphatic heterocycles. The summed E-state index contributed by atoms with van der Waals surface area (Å²) in [6.45, 7) is 1.97. The van der Waals surface area contributed by atoms with Crippen LogP contribution in [0.5, 0.6) is 11.5 Å². The lowest BCUT2D eigenvalue weighted by Gasteiger charge is -2.13. The topological polar surface area (TPSA) is 103 Å². The third-order valence-corrected chi connectivity index (χ3v) is 5.02. The summed E-state index contributed by atoms with van der Waals surface area (Å²) in [6, 6.07) is 11.2. The minimum absolute atomic E-state index is 0.0105. The van der Waals surface area contributed by atoms with Crippen LogP contribution < -0.4 is 19.5 Å². The van der Waals surface area contributed by atoms with Crippen LogP contribution >= 0.6 is 0 Å². The van der Waals surface area contributed by atoms with Gasteiger partial charge < -0.3 is 14.2 Å². The van der Waals surface area contributed by atoms with E-state index in [9.17, 15) is 13.2 Å². The maximum Gasteiger partial charge on any atom is 0.411 e. The predicted octanol–water partition coefficient (Wildman–Crippen LogP) is 2.75. The first kappa shape index (κ1) is 20.5. The molecule has 9 heteroatoms. The van der Waals surface area contributed by atoms with E-state index in [0.29, 0.717) is 11.5 Å². The zero-order chi connectivity index (χ0) is 19.9. The summed E-state index contributed by atoms with van der Waals surface area (Å²) in [7, 11) is -0.821. The van der Waals surface area contributed by atoms with E-state index in [1.54, 1.807) is 38.3 Å². The number of nitrogens with one attached hydrogen (secondary N) is 2. The van der Waals surface area contributed by atoms with Crippen LogP contribution in [-0.2, 0) is 21.3 Å². The minimum atomic E-state index is -3.80. The standard InChI is InChI=1S/C18H22N2O6S/c1-4-26-18(21)20-16-11-15(9-10-17(16)25-3)27(22,23)19-12-13-5-7-14(24-2)8-6-13/h5-11,19H,4,12H2,1-3H3,(H,20,21). The molecule has 0 aromatic heterocycles. The quantitative estimate of drug-likeness (QED) is 0.714. The first-order valence-corrected chi connectivity index (χ1v) is 9.62. The van der Waals surface area contributed by atoms with Crippen molar-refractivity contribution in [1.82, 2.24) is 4.72 Å². The number of rotatable bonds is 8. The van der Waals surface area contributed by atoms with Gasteiger partial charge in [0.25, 0.3) is 0 Å². The molecule has 0 radical (unpaired) electrons. The molecule has 2 aromatic rings. The van der Waals surface area contributed by atoms with E-state index in [4.69, 9.17) is 14.2 Å². The molecule has 0 atom stereocenters. The van der Waals surface area contributed by atoms with Gasteiger partial charge in [-0.2, -0.15) is 0 Å². The molecule has 2 rings (SSSR count). The molecular weight excluding hydrogens is 372 g/mol. The van der Waals surface area contributed by atoms with Gasteiger partial charge in [0.2, 0.25) is 10.0 Å². The Morgan fingerprint density at radius 1 is 1.04 bits per heavy atom. The van der Waals surface area contributed by atoms with Crippen molar-refractivity contribution >= 4 is 21.8 Å². The van der Waals surface area contributed by atoms with Crippen LogP contribution in [0.25, 0.3) is 0 Å². The highest BCUT2D eigenvalue weighted by atomic mass is 32.2. The lowest BCUT2D eigenvalue weighted by atomic mass is 10.2. The molecule has 0 saturated carbocycles. The van der Waals surface area contributed by atoms with Crippen molar-refractivity contribution in [3.05, 3.63) is 48.0 Å². The Kier molecular flexibility index (Phi) is 7.03. The smallest absolute Gasteiger partial charge is 0.411 e. The molecule has 0 unspecified atom stereocenters. The van der Waals surface area contributed by atoms with Crippen molar-refractivity contribution in [2.45, 2.75) is 18.4 Å². The fraction of sp³-hybridized carbons (Fsp3) is 0.278. The Morgan fingerprint density at radius 2 is 1.74 bits per heavy atom. The molecular formula is C18H22N2O6S. The van der Waals surface area contributed by atoms with Gasteiger partial charge in [0.1, 0.15) is 11.5 Å². The summed E-state index contributed by atoms with van der Waals surface area (Å²) in [4.78, 5) is 11.6. The SMILES string of the molecule is CCOC(=O)Nc1cc(S(=O)(=O)NCc2ccc(OC)cc2)ccc1OC. The average Bonchev–Trinajstić information content (AvgIpc) is 2.67. The maximum absolute atomic E-state index is 12.6. The first-order valence-electron chi connectivity index (χ1n) is 8.14. The zero-order valence-electron chi connectivity index (χ0n) is 15.3. The van der Waals surface area contributed by atoms with Crippen LogP contribution in [0.4, 0.5) is 10.5 Å². The molecule has 0 fully saturated rings. The molecule has 0 saturated heterocycles. The molecule has 146 valence electrons. The van der Waals surface area contributed by atoms with Gasteiger partial charge in [-0.15, -0.1) is 0 Å². The van der Waals surface area contributed by atoms with E-state index in [1.807, 2.05) is 0 Å². The third-order valence-electron chi connectivity index (χ3n) is 3.62. The molecule has 27 heavy (non-hydrogen) atoms. The second-order valence-corrected chi connectivity index (χ2v) is 7.15. The second kappa shape index (κ2) is 9.24. The minimum Gasteiger partial charge on any atom is -0.497 e. The molecule has 0 aliphatic rings. The van der Waals surface area contributed by atoms with Crippen molar-refractivity contribution in [2.24, 2.45) is 0 Å². The molecule has 0 spiro atoms. The van der Waals surface area contributed by atoms with Crippen molar-refractivity contribution in [3.63, 3.8) is 0 Å². The van der Waals surface area contributed by atoms with E-state index < -0.39 is 16.1 Å². The summed E-state index contributed by atoms with van der Waals surface area (Å²) in [5.74, 6) is 1.00. The lowest BCUT2D eigenvalue weighted by Crippen LogP contribution is -2.23. The van der Waals surface area contributed by atoms with Gasteiger partial charge in [-0.25, -0.2) is 17.9 Å². The van der Waals surface area contributed by atoms with E-state index >= 15 is 0 Å². The number of hydrogen-bond acceptors (Lipinski definition) is 6. The van der Waals surface area contributed by atoms with Gasteiger partial charge in [-0.1, -0.05) is 12.1 Å². The van der Waals surface area contributed by atoms with Gasteiger partial charge in [0, 0.05) is 6.54 Å². The molecule has 2 aromatic carbocycles. The summed E-state index contributed by atoms with van der Waals surface area (Å²) in [5.41, 5.74) is 0.973. The predicted molar refractivity (Wildman–Crippen MR) is 101 cm³/mol.